The van der Waals surface area contributed by atoms with Gasteiger partial charge in [0.2, 0.25) is 5.91 Å². The smallest absolute Gasteiger partial charge is 0.305 e. The Morgan fingerprint density at radius 1 is 0.355 bits per heavy atom. The molecule has 0 aromatic rings. The lowest BCUT2D eigenvalue weighted by atomic mass is 10.0. The van der Waals surface area contributed by atoms with Crippen LogP contribution < -0.4 is 5.32 Å². The number of ether oxygens (including phenoxy) is 1. The van der Waals surface area contributed by atoms with Crippen LogP contribution in [-0.2, 0) is 14.3 Å². The van der Waals surface area contributed by atoms with Gasteiger partial charge in [-0.3, -0.25) is 9.59 Å². The number of unbranched alkanes of at least 4 members (excludes halogenated alkanes) is 49. The maximum Gasteiger partial charge on any atom is 0.305 e. The maximum atomic E-state index is 12.5. The fourth-order valence-electron chi connectivity index (χ4n) is 10.6. The first-order valence-electron chi connectivity index (χ1n) is 34.3. The Morgan fingerprint density at radius 2 is 0.618 bits per heavy atom. The molecule has 0 rings (SSSR count). The Kier molecular flexibility index (Phi) is 63.9. The first kappa shape index (κ1) is 74.1. The van der Waals surface area contributed by atoms with E-state index in [1.807, 2.05) is 6.08 Å². The molecule has 448 valence electrons. The monoisotopic (exact) mass is 1070 g/mol. The number of hydrogen-bond donors (Lipinski definition) is 3. The van der Waals surface area contributed by atoms with E-state index in [1.165, 1.54) is 302 Å². The van der Waals surface area contributed by atoms with E-state index in [-0.39, 0.29) is 18.5 Å². The number of amides is 1. The standard InChI is InChI=1S/C70H133NO5/c1-3-5-7-9-11-13-15-17-18-19-30-33-36-39-42-46-50-54-58-62-68(73)67(66-72)71-69(74)63-59-55-51-47-43-40-37-34-31-28-26-24-22-20-21-23-25-27-29-32-35-38-41-45-49-53-57-61-65-76-70(75)64-60-56-52-48-44-16-14-12-10-8-6-4-2/h12,14,20-21,58,62,67-68,72-73H,3-11,13,15-19,22-57,59-61,63-66H2,1-2H3,(H,71,74)/b14-12-,21-20-,62-58+. The number of allylic oxidation sites excluding steroid dienone is 5. The third-order valence-electron chi connectivity index (χ3n) is 15.9. The van der Waals surface area contributed by atoms with Gasteiger partial charge in [-0.2, -0.15) is 0 Å². The minimum atomic E-state index is -0.845. The lowest BCUT2D eigenvalue weighted by molar-refractivity contribution is -0.143. The maximum absolute atomic E-state index is 12.5. The molecule has 6 nitrogen and oxygen atoms in total. The van der Waals surface area contributed by atoms with Crippen LogP contribution in [0.25, 0.3) is 0 Å². The number of nitrogens with one attached hydrogen (secondary N) is 1. The van der Waals surface area contributed by atoms with Crippen molar-refractivity contribution in [2.24, 2.45) is 0 Å². The number of aliphatic hydroxyl groups is 2. The number of carbonyl (C=O) groups is 2. The van der Waals surface area contributed by atoms with Crippen molar-refractivity contribution in [3.05, 3.63) is 36.5 Å². The van der Waals surface area contributed by atoms with E-state index in [2.05, 4.69) is 43.5 Å². The van der Waals surface area contributed by atoms with E-state index < -0.39 is 12.1 Å². The molecular formula is C70H133NO5. The fraction of sp³-hybridized carbons (Fsp3) is 0.886. The number of carbonyl (C=O) groups excluding carboxylic acids is 2. The Labute approximate surface area is 474 Å². The predicted molar refractivity (Wildman–Crippen MR) is 333 cm³/mol. The van der Waals surface area contributed by atoms with Gasteiger partial charge in [0, 0.05) is 12.8 Å². The third-order valence-corrected chi connectivity index (χ3v) is 15.9. The Morgan fingerprint density at radius 3 is 0.961 bits per heavy atom. The number of esters is 1. The summed E-state index contributed by atoms with van der Waals surface area (Å²) in [5.74, 6) is -0.0594. The Bertz CT molecular complexity index is 1230. The van der Waals surface area contributed by atoms with Gasteiger partial charge in [-0.15, -0.1) is 0 Å². The zero-order valence-electron chi connectivity index (χ0n) is 51.3. The molecule has 0 radical (unpaired) electrons. The molecule has 0 aromatic heterocycles. The van der Waals surface area contributed by atoms with E-state index in [0.29, 0.717) is 19.4 Å². The fourth-order valence-corrected chi connectivity index (χ4v) is 10.6. The summed E-state index contributed by atoms with van der Waals surface area (Å²) >= 11 is 0. The van der Waals surface area contributed by atoms with Gasteiger partial charge >= 0.3 is 5.97 Å². The summed E-state index contributed by atoms with van der Waals surface area (Å²) in [5.41, 5.74) is 0. The molecule has 0 aromatic carbocycles. The van der Waals surface area contributed by atoms with Crippen molar-refractivity contribution in [1.29, 1.82) is 0 Å². The molecule has 1 amide bonds. The summed E-state index contributed by atoms with van der Waals surface area (Å²) < 4.78 is 5.47. The van der Waals surface area contributed by atoms with Crippen molar-refractivity contribution in [2.45, 2.75) is 386 Å². The summed E-state index contributed by atoms with van der Waals surface area (Å²) in [5, 5.41) is 23.2. The second kappa shape index (κ2) is 65.6. The molecule has 0 bridgehead atoms. The van der Waals surface area contributed by atoms with Crippen molar-refractivity contribution in [2.75, 3.05) is 13.2 Å². The second-order valence-corrected chi connectivity index (χ2v) is 23.5. The summed E-state index contributed by atoms with van der Waals surface area (Å²) in [7, 11) is 0. The van der Waals surface area contributed by atoms with Crippen LogP contribution in [0.4, 0.5) is 0 Å². The molecule has 76 heavy (non-hydrogen) atoms. The first-order chi connectivity index (χ1) is 37.5. The van der Waals surface area contributed by atoms with Gasteiger partial charge in [0.05, 0.1) is 25.4 Å². The topological polar surface area (TPSA) is 95.9 Å². The van der Waals surface area contributed by atoms with Gasteiger partial charge in [-0.05, 0) is 83.5 Å². The minimum absolute atomic E-state index is 0.00556. The van der Waals surface area contributed by atoms with E-state index in [4.69, 9.17) is 4.74 Å². The SMILES string of the molecule is CCCCC/C=C\CCCCCCCC(=O)OCCCCCCCCCCCCCC/C=C\CCCCCCCCCCCCCCC(=O)NC(CO)C(O)/C=C/CCCCCCCCCCCCCCCCCCC. The zero-order valence-corrected chi connectivity index (χ0v) is 51.3. The molecule has 0 heterocycles. The molecule has 0 aliphatic carbocycles. The third kappa shape index (κ3) is 61.3. The summed E-state index contributed by atoms with van der Waals surface area (Å²) in [6.07, 6.45) is 83.6. The highest BCUT2D eigenvalue weighted by Gasteiger charge is 2.18. The van der Waals surface area contributed by atoms with E-state index >= 15 is 0 Å². The van der Waals surface area contributed by atoms with Crippen molar-refractivity contribution in [3.63, 3.8) is 0 Å². The Balaban J connectivity index is 3.41. The highest BCUT2D eigenvalue weighted by molar-refractivity contribution is 5.76. The molecule has 6 heteroatoms. The van der Waals surface area contributed by atoms with Crippen molar-refractivity contribution in [3.8, 4) is 0 Å². The minimum Gasteiger partial charge on any atom is -0.466 e. The Hall–Kier alpha value is -1.92. The summed E-state index contributed by atoms with van der Waals surface area (Å²) in [6, 6.07) is -0.629. The molecule has 0 aliphatic rings. The van der Waals surface area contributed by atoms with E-state index in [1.54, 1.807) is 6.08 Å². The van der Waals surface area contributed by atoms with Crippen LogP contribution in [-0.4, -0.2) is 47.4 Å². The normalized spacial score (nSPS) is 12.7. The van der Waals surface area contributed by atoms with Crippen LogP contribution in [0.2, 0.25) is 0 Å². The molecule has 3 N–H and O–H groups in total. The van der Waals surface area contributed by atoms with Gasteiger partial charge in [0.15, 0.2) is 0 Å². The average molecular weight is 1070 g/mol. The predicted octanol–water partition coefficient (Wildman–Crippen LogP) is 21.9. The van der Waals surface area contributed by atoms with Gasteiger partial charge < -0.3 is 20.3 Å². The molecule has 2 unspecified atom stereocenters. The molecule has 0 fully saturated rings. The number of hydrogen-bond acceptors (Lipinski definition) is 5. The number of aliphatic hydroxyl groups excluding tert-OH is 2. The molecule has 2 atom stereocenters. The van der Waals surface area contributed by atoms with Crippen LogP contribution >= 0.6 is 0 Å². The quantitative estimate of drug-likeness (QED) is 0.0320. The molecule has 0 saturated carbocycles. The van der Waals surface area contributed by atoms with E-state index in [9.17, 15) is 19.8 Å². The second-order valence-electron chi connectivity index (χ2n) is 23.5. The molecule has 0 saturated heterocycles. The van der Waals surface area contributed by atoms with Gasteiger partial charge in [0.1, 0.15) is 0 Å². The van der Waals surface area contributed by atoms with Gasteiger partial charge in [-0.1, -0.05) is 314 Å². The van der Waals surface area contributed by atoms with Crippen LogP contribution in [0, 0.1) is 0 Å². The molecule has 0 spiro atoms. The highest BCUT2D eigenvalue weighted by Crippen LogP contribution is 2.18. The average Bonchev–Trinajstić information content (AvgIpc) is 3.42. The van der Waals surface area contributed by atoms with E-state index in [0.717, 1.165) is 44.9 Å². The summed E-state index contributed by atoms with van der Waals surface area (Å²) in [4.78, 5) is 24.5. The molecular weight excluding hydrogens is 935 g/mol. The van der Waals surface area contributed by atoms with Crippen molar-refractivity contribution < 1.29 is 24.5 Å². The van der Waals surface area contributed by atoms with Crippen LogP contribution in [0.5, 0.6) is 0 Å². The highest BCUT2D eigenvalue weighted by atomic mass is 16.5. The molecule has 0 aliphatic heterocycles. The largest absolute Gasteiger partial charge is 0.466 e. The lowest BCUT2D eigenvalue weighted by Crippen LogP contribution is -2.45. The van der Waals surface area contributed by atoms with Crippen LogP contribution in [0.1, 0.15) is 373 Å². The van der Waals surface area contributed by atoms with Crippen LogP contribution in [0.15, 0.2) is 36.5 Å². The number of rotatable bonds is 64. The zero-order chi connectivity index (χ0) is 55.0. The lowest BCUT2D eigenvalue weighted by Gasteiger charge is -2.20. The van der Waals surface area contributed by atoms with Crippen LogP contribution in [0.3, 0.4) is 0 Å². The van der Waals surface area contributed by atoms with Crippen molar-refractivity contribution >= 4 is 11.9 Å². The van der Waals surface area contributed by atoms with Gasteiger partial charge in [-0.25, -0.2) is 0 Å². The van der Waals surface area contributed by atoms with Gasteiger partial charge in [0.25, 0.3) is 0 Å². The first-order valence-corrected chi connectivity index (χ1v) is 34.3. The van der Waals surface area contributed by atoms with Crippen molar-refractivity contribution in [1.82, 2.24) is 5.32 Å². The summed E-state index contributed by atoms with van der Waals surface area (Å²) in [6.45, 7) is 4.91.